The van der Waals surface area contributed by atoms with Crippen molar-refractivity contribution >= 4 is 5.97 Å². The fraction of sp³-hybridized carbons (Fsp3) is 0.750. The molecule has 0 heterocycles. The molecule has 0 aromatic heterocycles. The van der Waals surface area contributed by atoms with Gasteiger partial charge in [0.2, 0.25) is 0 Å². The minimum atomic E-state index is -0.884. The van der Waals surface area contributed by atoms with Crippen molar-refractivity contribution in [2.75, 3.05) is 13.6 Å². The van der Waals surface area contributed by atoms with Gasteiger partial charge in [0.05, 0.1) is 0 Å². The first-order valence-corrected chi connectivity index (χ1v) is 5.62. The summed E-state index contributed by atoms with van der Waals surface area (Å²) in [5.74, 6) is -0.116. The van der Waals surface area contributed by atoms with Crippen molar-refractivity contribution in [1.29, 1.82) is 0 Å². The van der Waals surface area contributed by atoms with E-state index in [9.17, 15) is 4.79 Å². The maximum atomic E-state index is 10.7. The van der Waals surface area contributed by atoms with Gasteiger partial charge in [-0.15, -0.1) is 0 Å². The van der Waals surface area contributed by atoms with E-state index in [1.54, 1.807) is 0 Å². The summed E-state index contributed by atoms with van der Waals surface area (Å²) >= 11 is 0. The normalized spacial score (nSPS) is 26.6. The molecule has 1 N–H and O–H groups in total. The quantitative estimate of drug-likeness (QED) is 0.724. The molecule has 0 aliphatic heterocycles. The smallest absolute Gasteiger partial charge is 0.332 e. The molecule has 15 heavy (non-hydrogen) atoms. The van der Waals surface area contributed by atoms with E-state index in [0.717, 1.165) is 5.92 Å². The van der Waals surface area contributed by atoms with Crippen LogP contribution in [-0.4, -0.2) is 35.6 Å². The van der Waals surface area contributed by atoms with Crippen molar-refractivity contribution < 1.29 is 9.90 Å². The lowest BCUT2D eigenvalue weighted by molar-refractivity contribution is -0.132. The second kappa shape index (κ2) is 5.31. The number of carboxylic acids is 1. The molecule has 0 amide bonds. The molecule has 86 valence electrons. The third kappa shape index (κ3) is 3.67. The van der Waals surface area contributed by atoms with Crippen LogP contribution in [0, 0.1) is 5.92 Å². The SMILES string of the molecule is C=C(CN(C)C1CCCC(C)C1)C(=O)O. The highest BCUT2D eigenvalue weighted by atomic mass is 16.4. The molecule has 1 fully saturated rings. The van der Waals surface area contributed by atoms with Gasteiger partial charge in [0, 0.05) is 18.2 Å². The number of carbonyl (C=O) groups is 1. The van der Waals surface area contributed by atoms with Gasteiger partial charge in [0.15, 0.2) is 0 Å². The Morgan fingerprint density at radius 2 is 2.20 bits per heavy atom. The van der Waals surface area contributed by atoms with Gasteiger partial charge in [-0.2, -0.15) is 0 Å². The molecule has 2 atom stereocenters. The zero-order valence-corrected chi connectivity index (χ0v) is 9.70. The van der Waals surface area contributed by atoms with E-state index in [4.69, 9.17) is 5.11 Å². The third-order valence-corrected chi connectivity index (χ3v) is 3.27. The van der Waals surface area contributed by atoms with Gasteiger partial charge in [-0.25, -0.2) is 4.79 Å². The van der Waals surface area contributed by atoms with E-state index in [1.807, 2.05) is 7.05 Å². The van der Waals surface area contributed by atoms with Crippen molar-refractivity contribution in [3.63, 3.8) is 0 Å². The van der Waals surface area contributed by atoms with Crippen molar-refractivity contribution in [2.45, 2.75) is 38.6 Å². The highest BCUT2D eigenvalue weighted by molar-refractivity contribution is 5.86. The van der Waals surface area contributed by atoms with Gasteiger partial charge in [0.1, 0.15) is 0 Å². The average Bonchev–Trinajstić information content (AvgIpc) is 2.17. The first-order chi connectivity index (χ1) is 7.00. The van der Waals surface area contributed by atoms with E-state index in [2.05, 4.69) is 18.4 Å². The van der Waals surface area contributed by atoms with Crippen LogP contribution in [0.4, 0.5) is 0 Å². The molecule has 0 saturated heterocycles. The number of aliphatic carboxylic acids is 1. The van der Waals surface area contributed by atoms with Gasteiger partial charge < -0.3 is 5.11 Å². The van der Waals surface area contributed by atoms with Crippen LogP contribution in [0.1, 0.15) is 32.6 Å². The molecule has 1 rings (SSSR count). The molecular weight excluding hydrogens is 190 g/mol. The lowest BCUT2D eigenvalue weighted by Crippen LogP contribution is -2.37. The number of rotatable bonds is 4. The van der Waals surface area contributed by atoms with E-state index in [-0.39, 0.29) is 5.57 Å². The zero-order valence-electron chi connectivity index (χ0n) is 9.70. The van der Waals surface area contributed by atoms with Gasteiger partial charge in [-0.1, -0.05) is 26.3 Å². The van der Waals surface area contributed by atoms with Crippen molar-refractivity contribution in [3.8, 4) is 0 Å². The number of likely N-dealkylation sites (N-methyl/N-ethyl adjacent to an activating group) is 1. The monoisotopic (exact) mass is 211 g/mol. The number of hydrogen-bond donors (Lipinski definition) is 1. The minimum Gasteiger partial charge on any atom is -0.478 e. The van der Waals surface area contributed by atoms with Gasteiger partial charge >= 0.3 is 5.97 Å². The Morgan fingerprint density at radius 1 is 1.53 bits per heavy atom. The number of nitrogens with zero attached hydrogens (tertiary/aromatic N) is 1. The van der Waals surface area contributed by atoms with Crippen molar-refractivity contribution in [1.82, 2.24) is 4.90 Å². The summed E-state index contributed by atoms with van der Waals surface area (Å²) in [4.78, 5) is 12.8. The van der Waals surface area contributed by atoms with E-state index >= 15 is 0 Å². The molecule has 0 aromatic rings. The van der Waals surface area contributed by atoms with Crippen LogP contribution in [0.3, 0.4) is 0 Å². The molecular formula is C12H21NO2. The van der Waals surface area contributed by atoms with Crippen LogP contribution in [0.25, 0.3) is 0 Å². The van der Waals surface area contributed by atoms with E-state index in [0.29, 0.717) is 12.6 Å². The lowest BCUT2D eigenvalue weighted by Gasteiger charge is -2.34. The summed E-state index contributed by atoms with van der Waals surface area (Å²) in [6.07, 6.45) is 4.94. The van der Waals surface area contributed by atoms with Crippen LogP contribution >= 0.6 is 0 Å². The number of carboxylic acid groups (broad SMARTS) is 1. The van der Waals surface area contributed by atoms with Crippen molar-refractivity contribution in [2.24, 2.45) is 5.92 Å². The topological polar surface area (TPSA) is 40.5 Å². The summed E-state index contributed by atoms with van der Waals surface area (Å²) in [6, 6.07) is 0.532. The van der Waals surface area contributed by atoms with Crippen LogP contribution in [0.2, 0.25) is 0 Å². The van der Waals surface area contributed by atoms with E-state index in [1.165, 1.54) is 25.7 Å². The first-order valence-electron chi connectivity index (χ1n) is 5.62. The zero-order chi connectivity index (χ0) is 11.4. The van der Waals surface area contributed by atoms with Gasteiger partial charge in [-0.3, -0.25) is 4.90 Å². The van der Waals surface area contributed by atoms with Crippen LogP contribution < -0.4 is 0 Å². The maximum Gasteiger partial charge on any atom is 0.332 e. The standard InChI is InChI=1S/C12H21NO2/c1-9-5-4-6-11(7-9)13(3)8-10(2)12(14)15/h9,11H,2,4-8H2,1,3H3,(H,14,15). The maximum absolute atomic E-state index is 10.7. The van der Waals surface area contributed by atoms with Crippen molar-refractivity contribution in [3.05, 3.63) is 12.2 Å². The Kier molecular flexibility index (Phi) is 4.33. The highest BCUT2D eigenvalue weighted by Gasteiger charge is 2.23. The fourth-order valence-corrected chi connectivity index (χ4v) is 2.30. The molecule has 0 aromatic carbocycles. The summed E-state index contributed by atoms with van der Waals surface area (Å²) in [7, 11) is 2.00. The fourth-order valence-electron chi connectivity index (χ4n) is 2.30. The Morgan fingerprint density at radius 3 is 2.73 bits per heavy atom. The summed E-state index contributed by atoms with van der Waals surface area (Å²) in [5, 5.41) is 8.76. The largest absolute Gasteiger partial charge is 0.478 e. The molecule has 1 aliphatic rings. The number of hydrogen-bond acceptors (Lipinski definition) is 2. The molecule has 3 nitrogen and oxygen atoms in total. The predicted octanol–water partition coefficient (Wildman–Crippen LogP) is 2.14. The van der Waals surface area contributed by atoms with Crippen LogP contribution in [0.15, 0.2) is 12.2 Å². The average molecular weight is 211 g/mol. The summed E-state index contributed by atoms with van der Waals surface area (Å²) in [6.45, 7) is 6.32. The van der Waals surface area contributed by atoms with Gasteiger partial charge in [0.25, 0.3) is 0 Å². The van der Waals surface area contributed by atoms with Crippen LogP contribution in [-0.2, 0) is 4.79 Å². The first kappa shape index (κ1) is 12.2. The molecule has 1 aliphatic carbocycles. The third-order valence-electron chi connectivity index (χ3n) is 3.27. The highest BCUT2D eigenvalue weighted by Crippen LogP contribution is 2.26. The molecule has 0 bridgehead atoms. The Balaban J connectivity index is 2.42. The molecule has 0 spiro atoms. The van der Waals surface area contributed by atoms with Gasteiger partial charge in [-0.05, 0) is 25.8 Å². The summed E-state index contributed by atoms with van der Waals surface area (Å²) in [5.41, 5.74) is 0.288. The molecule has 1 saturated carbocycles. The minimum absolute atomic E-state index is 0.288. The summed E-state index contributed by atoms with van der Waals surface area (Å²) < 4.78 is 0. The Hall–Kier alpha value is -0.830. The molecule has 3 heteroatoms. The second-order valence-corrected chi connectivity index (χ2v) is 4.75. The van der Waals surface area contributed by atoms with Crippen LogP contribution in [0.5, 0.6) is 0 Å². The second-order valence-electron chi connectivity index (χ2n) is 4.75. The lowest BCUT2D eigenvalue weighted by atomic mass is 9.86. The molecule has 2 unspecified atom stereocenters. The Labute approximate surface area is 91.8 Å². The molecule has 0 radical (unpaired) electrons. The Bertz CT molecular complexity index is 250. The predicted molar refractivity (Wildman–Crippen MR) is 60.8 cm³/mol. The van der Waals surface area contributed by atoms with E-state index < -0.39 is 5.97 Å².